The van der Waals surface area contributed by atoms with Gasteiger partial charge in [0, 0.05) is 25.4 Å². The number of hydrogen-bond acceptors (Lipinski definition) is 4. The van der Waals surface area contributed by atoms with Gasteiger partial charge in [-0.25, -0.2) is 0 Å². The Kier molecular flexibility index (Phi) is 7.69. The van der Waals surface area contributed by atoms with E-state index >= 15 is 0 Å². The third kappa shape index (κ3) is 6.11. The highest BCUT2D eigenvalue weighted by molar-refractivity contribution is 5.78. The monoisotopic (exact) mass is 271 g/mol. The second-order valence-electron chi connectivity index (χ2n) is 4.17. The van der Waals surface area contributed by atoms with E-state index in [0.29, 0.717) is 12.2 Å². The van der Waals surface area contributed by atoms with Gasteiger partial charge in [0.15, 0.2) is 6.29 Å². The molecule has 3 N–H and O–H groups in total. The van der Waals surface area contributed by atoms with Crippen LogP contribution >= 0.6 is 0 Å². The highest BCUT2D eigenvalue weighted by Gasteiger charge is 1.91. The van der Waals surface area contributed by atoms with Crippen molar-refractivity contribution in [1.29, 1.82) is 0 Å². The number of carbonyl (C=O) groups is 1. The maximum Gasteiger partial charge on any atom is 0.168 e. The number of nitrogens with one attached hydrogen (secondary N) is 1. The maximum absolute atomic E-state index is 10.1. The van der Waals surface area contributed by atoms with Gasteiger partial charge in [0.05, 0.1) is 0 Å². The van der Waals surface area contributed by atoms with E-state index in [-0.39, 0.29) is 0 Å². The molecule has 1 aromatic rings. The largest absolute Gasteiger partial charge is 0.388 e. The molecular formula is C16H21N3O. The van der Waals surface area contributed by atoms with Crippen molar-refractivity contribution in [2.75, 3.05) is 18.9 Å². The molecule has 0 aromatic heterocycles. The van der Waals surface area contributed by atoms with Crippen molar-refractivity contribution in [3.63, 3.8) is 0 Å². The van der Waals surface area contributed by atoms with E-state index in [1.165, 1.54) is 5.56 Å². The number of carbonyl (C=O) groups excluding carboxylic acids is 1. The highest BCUT2D eigenvalue weighted by Crippen LogP contribution is 2.09. The molecule has 0 fully saturated rings. The second-order valence-corrected chi connectivity index (χ2v) is 4.17. The van der Waals surface area contributed by atoms with Crippen LogP contribution in [-0.4, -0.2) is 26.1 Å². The van der Waals surface area contributed by atoms with Gasteiger partial charge in [0.25, 0.3) is 0 Å². The van der Waals surface area contributed by atoms with Gasteiger partial charge in [0.1, 0.15) is 5.70 Å². The van der Waals surface area contributed by atoms with Crippen molar-refractivity contribution in [2.24, 2.45) is 10.7 Å². The van der Waals surface area contributed by atoms with E-state index in [9.17, 15) is 4.79 Å². The lowest BCUT2D eigenvalue weighted by molar-refractivity contribution is -0.104. The van der Waals surface area contributed by atoms with Crippen molar-refractivity contribution < 1.29 is 4.79 Å². The maximum atomic E-state index is 10.1. The Balaban J connectivity index is 0.000000204. The summed E-state index contributed by atoms with van der Waals surface area (Å²) in [5.41, 5.74) is 8.36. The van der Waals surface area contributed by atoms with Gasteiger partial charge in [-0.3, -0.25) is 9.79 Å². The van der Waals surface area contributed by atoms with Gasteiger partial charge in [0.2, 0.25) is 0 Å². The number of allylic oxidation sites excluding steroid dienone is 4. The van der Waals surface area contributed by atoms with Crippen LogP contribution in [0.5, 0.6) is 0 Å². The highest BCUT2D eigenvalue weighted by atomic mass is 16.1. The predicted molar refractivity (Wildman–Crippen MR) is 85.1 cm³/mol. The fraction of sp³-hybridized carbons (Fsp3) is 0.250. The van der Waals surface area contributed by atoms with Gasteiger partial charge < -0.3 is 11.1 Å². The molecule has 2 rings (SSSR count). The molecule has 0 atom stereocenters. The molecule has 0 amide bonds. The van der Waals surface area contributed by atoms with Gasteiger partial charge in [-0.2, -0.15) is 0 Å². The molecule has 1 aliphatic heterocycles. The summed E-state index contributed by atoms with van der Waals surface area (Å²) in [6, 6.07) is 8.29. The van der Waals surface area contributed by atoms with E-state index in [4.69, 9.17) is 5.73 Å². The average molecular weight is 271 g/mol. The average Bonchev–Trinajstić information content (AvgIpc) is 2.77. The van der Waals surface area contributed by atoms with Crippen LogP contribution in [0.1, 0.15) is 12.0 Å². The third-order valence-corrected chi connectivity index (χ3v) is 2.65. The van der Waals surface area contributed by atoms with Crippen molar-refractivity contribution in [3.8, 4) is 0 Å². The van der Waals surface area contributed by atoms with Crippen molar-refractivity contribution >= 4 is 18.2 Å². The van der Waals surface area contributed by atoms with Gasteiger partial charge in [-0.1, -0.05) is 24.3 Å². The molecule has 20 heavy (non-hydrogen) atoms. The minimum atomic E-state index is 0.490. The third-order valence-electron chi connectivity index (χ3n) is 2.65. The second kappa shape index (κ2) is 9.69. The molecule has 0 unspecified atom stereocenters. The first-order valence-corrected chi connectivity index (χ1v) is 6.61. The Bertz CT molecular complexity index is 504. The molecule has 106 valence electrons. The lowest BCUT2D eigenvalue weighted by atomic mass is 10.1. The smallest absolute Gasteiger partial charge is 0.168 e. The number of aliphatic imine (C=N–C) groups is 1. The summed E-state index contributed by atoms with van der Waals surface area (Å²) < 4.78 is 0. The van der Waals surface area contributed by atoms with Crippen molar-refractivity contribution in [3.05, 3.63) is 53.8 Å². The molecule has 0 saturated heterocycles. The lowest BCUT2D eigenvalue weighted by Gasteiger charge is -2.02. The number of nitrogens with two attached hydrogens (primary N) is 1. The number of anilines is 1. The molecule has 0 aliphatic carbocycles. The molecule has 0 bridgehead atoms. The molecule has 0 spiro atoms. The Hall–Kier alpha value is -2.20. The molecule has 0 radical (unpaired) electrons. The number of benzene rings is 1. The summed E-state index contributed by atoms with van der Waals surface area (Å²) in [6.07, 6.45) is 9.69. The summed E-state index contributed by atoms with van der Waals surface area (Å²) in [5.74, 6) is 0. The first-order valence-electron chi connectivity index (χ1n) is 6.61. The van der Waals surface area contributed by atoms with Crippen molar-refractivity contribution in [1.82, 2.24) is 0 Å². The van der Waals surface area contributed by atoms with Gasteiger partial charge in [-0.15, -0.1) is 0 Å². The molecule has 1 heterocycles. The fourth-order valence-electron chi connectivity index (χ4n) is 1.63. The number of nitrogens with zero attached hydrogens (tertiary/aromatic N) is 1. The fourth-order valence-corrected chi connectivity index (χ4v) is 1.63. The van der Waals surface area contributed by atoms with Crippen molar-refractivity contribution in [2.45, 2.75) is 12.8 Å². The van der Waals surface area contributed by atoms with E-state index in [2.05, 4.69) is 22.4 Å². The summed E-state index contributed by atoms with van der Waals surface area (Å²) >= 11 is 0. The standard InChI is InChI=1S/C9H14N2.C7H7NO/c1-11-9-4-2-3-8(7-9)5-6-10;9-6-7-4-2-1-3-5-8-7/h2-4,7,11H,5-6,10H2,1H3;1-2,4-6H,3H2. The molecule has 4 nitrogen and oxygen atoms in total. The van der Waals surface area contributed by atoms with Crippen LogP contribution < -0.4 is 11.1 Å². The SMILES string of the molecule is CNc1cccc(CCN)c1.O=CC1=CC=CCC=N1. The molecule has 1 aliphatic rings. The van der Waals surface area contributed by atoms with Crippen LogP contribution in [-0.2, 0) is 11.2 Å². The van der Waals surface area contributed by atoms with E-state index in [1.807, 2.05) is 31.3 Å². The first kappa shape index (κ1) is 15.9. The van der Waals surface area contributed by atoms with E-state index < -0.39 is 0 Å². The van der Waals surface area contributed by atoms with Crippen LogP contribution in [0.15, 0.2) is 53.2 Å². The minimum Gasteiger partial charge on any atom is -0.388 e. The normalized spacial score (nSPS) is 12.8. The Morgan fingerprint density at radius 2 is 2.30 bits per heavy atom. The van der Waals surface area contributed by atoms with Crippen LogP contribution in [0, 0.1) is 0 Å². The summed E-state index contributed by atoms with van der Waals surface area (Å²) in [4.78, 5) is 13.9. The van der Waals surface area contributed by atoms with E-state index in [1.54, 1.807) is 12.3 Å². The van der Waals surface area contributed by atoms with Crippen LogP contribution in [0.4, 0.5) is 5.69 Å². The molecule has 1 aromatic carbocycles. The molecule has 0 saturated carbocycles. The Morgan fingerprint density at radius 3 is 3.00 bits per heavy atom. The number of rotatable bonds is 4. The first-order chi connectivity index (χ1) is 9.80. The zero-order valence-corrected chi connectivity index (χ0v) is 11.8. The van der Waals surface area contributed by atoms with Crippen LogP contribution in [0.25, 0.3) is 0 Å². The summed E-state index contributed by atoms with van der Waals surface area (Å²) in [6.45, 7) is 0.715. The Morgan fingerprint density at radius 1 is 1.45 bits per heavy atom. The van der Waals surface area contributed by atoms with Crippen LogP contribution in [0.2, 0.25) is 0 Å². The summed E-state index contributed by atoms with van der Waals surface area (Å²) in [7, 11) is 1.92. The molecular weight excluding hydrogens is 250 g/mol. The zero-order chi connectivity index (χ0) is 14.6. The minimum absolute atomic E-state index is 0.490. The molecule has 4 heteroatoms. The van der Waals surface area contributed by atoms with Gasteiger partial charge in [-0.05, 0) is 36.7 Å². The predicted octanol–water partition coefficient (Wildman–Crippen LogP) is 2.33. The quantitative estimate of drug-likeness (QED) is 0.826. The lowest BCUT2D eigenvalue weighted by Crippen LogP contribution is -2.02. The Labute approximate surface area is 120 Å². The summed E-state index contributed by atoms with van der Waals surface area (Å²) in [5, 5.41) is 3.08. The topological polar surface area (TPSA) is 67.5 Å². The van der Waals surface area contributed by atoms with Gasteiger partial charge >= 0.3 is 0 Å². The number of aldehydes is 1. The van der Waals surface area contributed by atoms with E-state index in [0.717, 1.165) is 24.8 Å². The zero-order valence-electron chi connectivity index (χ0n) is 11.8. The number of hydrogen-bond donors (Lipinski definition) is 2. The van der Waals surface area contributed by atoms with Crippen LogP contribution in [0.3, 0.4) is 0 Å².